The second-order valence-electron chi connectivity index (χ2n) is 8.56. The van der Waals surface area contributed by atoms with Crippen molar-refractivity contribution in [3.8, 4) is 0 Å². The molecule has 1 aliphatic heterocycles. The number of alkyl halides is 3. The van der Waals surface area contributed by atoms with Crippen LogP contribution in [-0.4, -0.2) is 58.1 Å². The third kappa shape index (κ3) is 4.49. The first-order chi connectivity index (χ1) is 14.7. The van der Waals surface area contributed by atoms with Crippen LogP contribution in [0.4, 0.5) is 18.0 Å². The number of fused-ring (bicyclic) bond motifs is 1. The van der Waals surface area contributed by atoms with E-state index in [9.17, 15) is 18.0 Å². The van der Waals surface area contributed by atoms with Crippen molar-refractivity contribution in [1.29, 1.82) is 0 Å². The van der Waals surface area contributed by atoms with Crippen LogP contribution in [0.15, 0.2) is 12.1 Å². The van der Waals surface area contributed by atoms with E-state index in [0.29, 0.717) is 31.6 Å². The smallest absolute Gasteiger partial charge is 0.409 e. The SMILES string of the molecule is COC(=O)N1C[C@@H](c2cc(C)nc3cc([C@H]4CC[C@H](C(F)(F)F)CC4)nn23)O[C@@H](C)C1. The van der Waals surface area contributed by atoms with E-state index in [2.05, 4.69) is 4.98 Å². The van der Waals surface area contributed by atoms with Crippen LogP contribution in [-0.2, 0) is 9.47 Å². The molecule has 2 aliphatic rings. The molecule has 1 amide bonds. The zero-order valence-corrected chi connectivity index (χ0v) is 17.9. The fourth-order valence-electron chi connectivity index (χ4n) is 4.69. The highest BCUT2D eigenvalue weighted by atomic mass is 19.4. The van der Waals surface area contributed by atoms with Crippen LogP contribution < -0.4 is 0 Å². The standard InChI is InChI=1S/C21H27F3N4O3/c1-12-8-17(18-11-27(20(29)30-3)10-13(2)31-18)28-19(25-12)9-16(26-28)14-4-6-15(7-5-14)21(22,23)24/h8-9,13-15,18H,4-7,10-11H2,1-3H3/t13-,14-,15-,18-/m0/s1. The molecule has 2 aromatic rings. The van der Waals surface area contributed by atoms with Gasteiger partial charge in [-0.3, -0.25) is 0 Å². The van der Waals surface area contributed by atoms with Gasteiger partial charge in [0, 0.05) is 17.7 Å². The summed E-state index contributed by atoms with van der Waals surface area (Å²) in [6.07, 6.45) is -3.99. The Labute approximate surface area is 178 Å². The average molecular weight is 440 g/mol. The Morgan fingerprint density at radius 2 is 1.90 bits per heavy atom. The molecule has 0 aromatic carbocycles. The quantitative estimate of drug-likeness (QED) is 0.692. The summed E-state index contributed by atoms with van der Waals surface area (Å²) >= 11 is 0. The molecule has 3 heterocycles. The molecule has 2 atom stereocenters. The second-order valence-corrected chi connectivity index (χ2v) is 8.56. The third-order valence-corrected chi connectivity index (χ3v) is 6.23. The molecule has 1 aliphatic carbocycles. The zero-order valence-electron chi connectivity index (χ0n) is 17.9. The van der Waals surface area contributed by atoms with Crippen LogP contribution in [0.25, 0.3) is 5.65 Å². The molecule has 0 N–H and O–H groups in total. The van der Waals surface area contributed by atoms with E-state index in [4.69, 9.17) is 14.6 Å². The highest BCUT2D eigenvalue weighted by Gasteiger charge is 2.42. The van der Waals surface area contributed by atoms with Crippen LogP contribution in [0.5, 0.6) is 0 Å². The van der Waals surface area contributed by atoms with Gasteiger partial charge in [-0.15, -0.1) is 0 Å². The molecule has 0 spiro atoms. The molecule has 2 aromatic heterocycles. The van der Waals surface area contributed by atoms with Gasteiger partial charge in [0.05, 0.1) is 43.6 Å². The number of aromatic nitrogens is 3. The lowest BCUT2D eigenvalue weighted by Crippen LogP contribution is -2.46. The Morgan fingerprint density at radius 1 is 1.19 bits per heavy atom. The highest BCUT2D eigenvalue weighted by molar-refractivity contribution is 5.67. The summed E-state index contributed by atoms with van der Waals surface area (Å²) in [6.45, 7) is 4.51. The van der Waals surface area contributed by atoms with Crippen molar-refractivity contribution in [3.05, 3.63) is 29.2 Å². The summed E-state index contributed by atoms with van der Waals surface area (Å²) in [5.41, 5.74) is 2.93. The molecule has 0 bridgehead atoms. The summed E-state index contributed by atoms with van der Waals surface area (Å²) in [4.78, 5) is 18.2. The van der Waals surface area contributed by atoms with E-state index in [1.54, 1.807) is 9.42 Å². The average Bonchev–Trinajstić information content (AvgIpc) is 3.15. The minimum atomic E-state index is -4.13. The molecule has 0 radical (unpaired) electrons. The van der Waals surface area contributed by atoms with Crippen LogP contribution in [0, 0.1) is 12.8 Å². The molecule has 170 valence electrons. The molecule has 4 rings (SSSR count). The molecule has 7 nitrogen and oxygen atoms in total. The normalized spacial score (nSPS) is 27.5. The number of amides is 1. The minimum absolute atomic E-state index is 0.0220. The van der Waals surface area contributed by atoms with E-state index in [1.807, 2.05) is 26.0 Å². The Kier molecular flexibility index (Phi) is 5.85. The Hall–Kier alpha value is -2.36. The monoisotopic (exact) mass is 440 g/mol. The maximum atomic E-state index is 13.0. The van der Waals surface area contributed by atoms with Crippen LogP contribution in [0.3, 0.4) is 0 Å². The van der Waals surface area contributed by atoms with Gasteiger partial charge in [-0.2, -0.15) is 18.3 Å². The van der Waals surface area contributed by atoms with E-state index in [1.165, 1.54) is 7.11 Å². The van der Waals surface area contributed by atoms with Gasteiger partial charge in [-0.05, 0) is 45.6 Å². The van der Waals surface area contributed by atoms with E-state index >= 15 is 0 Å². The predicted molar refractivity (Wildman–Crippen MR) is 106 cm³/mol. The van der Waals surface area contributed by atoms with Crippen LogP contribution in [0.1, 0.15) is 61.7 Å². The van der Waals surface area contributed by atoms with Gasteiger partial charge in [0.15, 0.2) is 5.65 Å². The van der Waals surface area contributed by atoms with E-state index in [-0.39, 0.29) is 24.9 Å². The third-order valence-electron chi connectivity index (χ3n) is 6.23. The van der Waals surface area contributed by atoms with Gasteiger partial charge in [0.1, 0.15) is 6.10 Å². The topological polar surface area (TPSA) is 69.0 Å². The molecular weight excluding hydrogens is 413 g/mol. The molecule has 0 unspecified atom stereocenters. The van der Waals surface area contributed by atoms with Gasteiger partial charge in [-0.25, -0.2) is 14.3 Å². The number of methoxy groups -OCH3 is 1. The molecule has 2 fully saturated rings. The van der Waals surface area contributed by atoms with Crippen molar-refractivity contribution in [2.45, 2.75) is 63.8 Å². The van der Waals surface area contributed by atoms with Gasteiger partial charge >= 0.3 is 12.3 Å². The molecule has 1 saturated heterocycles. The van der Waals surface area contributed by atoms with Gasteiger partial charge in [0.25, 0.3) is 0 Å². The van der Waals surface area contributed by atoms with Crippen molar-refractivity contribution in [1.82, 2.24) is 19.5 Å². The van der Waals surface area contributed by atoms with Crippen molar-refractivity contribution in [2.24, 2.45) is 5.92 Å². The minimum Gasteiger partial charge on any atom is -0.453 e. The summed E-state index contributed by atoms with van der Waals surface area (Å²) in [5.74, 6) is -1.25. The Bertz CT molecular complexity index is 953. The summed E-state index contributed by atoms with van der Waals surface area (Å²) < 4.78 is 51.7. The van der Waals surface area contributed by atoms with Crippen molar-refractivity contribution >= 4 is 11.7 Å². The van der Waals surface area contributed by atoms with Crippen molar-refractivity contribution in [3.63, 3.8) is 0 Å². The Morgan fingerprint density at radius 3 is 2.55 bits per heavy atom. The fourth-order valence-corrected chi connectivity index (χ4v) is 4.69. The van der Waals surface area contributed by atoms with Gasteiger partial charge in [-0.1, -0.05) is 0 Å². The summed E-state index contributed by atoms with van der Waals surface area (Å²) in [6, 6.07) is 3.74. The van der Waals surface area contributed by atoms with Crippen molar-refractivity contribution < 1.29 is 27.4 Å². The number of morpholine rings is 1. The number of carbonyl (C=O) groups is 1. The zero-order chi connectivity index (χ0) is 22.3. The number of aryl methyl sites for hydroxylation is 1. The number of ether oxygens (including phenoxy) is 2. The maximum Gasteiger partial charge on any atom is 0.409 e. The number of rotatable bonds is 2. The number of hydrogen-bond acceptors (Lipinski definition) is 5. The van der Waals surface area contributed by atoms with Crippen molar-refractivity contribution in [2.75, 3.05) is 20.2 Å². The Balaban J connectivity index is 1.61. The first-order valence-electron chi connectivity index (χ1n) is 10.6. The number of nitrogens with zero attached hydrogens (tertiary/aromatic N) is 4. The first-order valence-corrected chi connectivity index (χ1v) is 10.6. The lowest BCUT2D eigenvalue weighted by atomic mass is 9.80. The van der Waals surface area contributed by atoms with Crippen LogP contribution >= 0.6 is 0 Å². The summed E-state index contributed by atoms with van der Waals surface area (Å²) in [5, 5.41) is 4.71. The first kappa shape index (κ1) is 21.9. The van der Waals surface area contributed by atoms with E-state index < -0.39 is 24.3 Å². The predicted octanol–water partition coefficient (Wildman–Crippen LogP) is 4.40. The van der Waals surface area contributed by atoms with Gasteiger partial charge < -0.3 is 14.4 Å². The lowest BCUT2D eigenvalue weighted by Gasteiger charge is -2.36. The number of halogens is 3. The number of hydrogen-bond donors (Lipinski definition) is 0. The van der Waals surface area contributed by atoms with E-state index in [0.717, 1.165) is 17.1 Å². The van der Waals surface area contributed by atoms with Gasteiger partial charge in [0.2, 0.25) is 0 Å². The second kappa shape index (κ2) is 8.29. The fraction of sp³-hybridized carbons (Fsp3) is 0.667. The molecular formula is C21H27F3N4O3. The van der Waals surface area contributed by atoms with Crippen LogP contribution in [0.2, 0.25) is 0 Å². The lowest BCUT2D eigenvalue weighted by molar-refractivity contribution is -0.182. The molecule has 31 heavy (non-hydrogen) atoms. The largest absolute Gasteiger partial charge is 0.453 e. The molecule has 1 saturated carbocycles. The highest BCUT2D eigenvalue weighted by Crippen LogP contribution is 2.42. The summed E-state index contributed by atoms with van der Waals surface area (Å²) in [7, 11) is 1.35. The maximum absolute atomic E-state index is 13.0. The molecule has 10 heteroatoms. The number of carbonyl (C=O) groups excluding carboxylic acids is 1.